The second-order valence-corrected chi connectivity index (χ2v) is 5.09. The molecule has 0 radical (unpaired) electrons. The lowest BCUT2D eigenvalue weighted by Crippen LogP contribution is -2.40. The maximum atomic E-state index is 12.5. The van der Waals surface area contributed by atoms with Gasteiger partial charge in [-0.05, 0) is 11.6 Å². The summed E-state index contributed by atoms with van der Waals surface area (Å²) in [5.41, 5.74) is 7.08. The van der Waals surface area contributed by atoms with Crippen LogP contribution in [-0.2, 0) is 0 Å². The van der Waals surface area contributed by atoms with E-state index in [2.05, 4.69) is 4.98 Å². The molecule has 0 aliphatic carbocycles. The smallest absolute Gasteiger partial charge is 0.264 e. The van der Waals surface area contributed by atoms with Crippen molar-refractivity contribution >= 4 is 29.0 Å². The second kappa shape index (κ2) is 5.06. The van der Waals surface area contributed by atoms with Crippen molar-refractivity contribution in [1.82, 2.24) is 9.88 Å². The van der Waals surface area contributed by atoms with E-state index in [1.807, 2.05) is 6.07 Å². The van der Waals surface area contributed by atoms with Gasteiger partial charge in [0.1, 0.15) is 11.0 Å². The lowest BCUT2D eigenvalue weighted by Gasteiger charge is -2.25. The van der Waals surface area contributed by atoms with Crippen molar-refractivity contribution in [2.45, 2.75) is 6.04 Å². The van der Waals surface area contributed by atoms with Crippen LogP contribution in [0.15, 0.2) is 48.8 Å². The topological polar surface area (TPSA) is 76.3 Å². The Kier molecular flexibility index (Phi) is 3.23. The van der Waals surface area contributed by atoms with Crippen LogP contribution in [0, 0.1) is 0 Å². The van der Waals surface area contributed by atoms with Crippen LogP contribution in [-0.4, -0.2) is 26.7 Å². The Morgan fingerprint density at radius 2 is 1.76 bits per heavy atom. The van der Waals surface area contributed by atoms with Crippen LogP contribution in [0.25, 0.3) is 0 Å². The number of fused-ring (bicyclic) bond motifs is 1. The Balaban J connectivity index is 2.09. The van der Waals surface area contributed by atoms with Crippen LogP contribution in [0.1, 0.15) is 32.3 Å². The van der Waals surface area contributed by atoms with Gasteiger partial charge in [-0.1, -0.05) is 42.5 Å². The number of carbonyl (C=O) groups excluding carboxylic acids is 2. The third kappa shape index (κ3) is 2.09. The van der Waals surface area contributed by atoms with Gasteiger partial charge in [-0.2, -0.15) is 0 Å². The molecular weight excluding hydrogens is 286 g/mol. The van der Waals surface area contributed by atoms with E-state index in [4.69, 9.17) is 18.0 Å². The first-order chi connectivity index (χ1) is 10.1. The number of nitrogens with zero attached hydrogens (tertiary/aromatic N) is 2. The van der Waals surface area contributed by atoms with Crippen molar-refractivity contribution in [3.8, 4) is 0 Å². The van der Waals surface area contributed by atoms with Crippen LogP contribution in [0.5, 0.6) is 0 Å². The Morgan fingerprint density at radius 1 is 1.10 bits per heavy atom. The van der Waals surface area contributed by atoms with Gasteiger partial charge in [-0.3, -0.25) is 19.5 Å². The highest BCUT2D eigenvalue weighted by molar-refractivity contribution is 7.80. The monoisotopic (exact) mass is 297 g/mol. The molecule has 1 atom stereocenters. The number of rotatable bonds is 3. The molecule has 1 unspecified atom stereocenters. The van der Waals surface area contributed by atoms with Gasteiger partial charge in [0, 0.05) is 12.4 Å². The maximum absolute atomic E-state index is 12.5. The third-order valence-corrected chi connectivity index (χ3v) is 3.59. The summed E-state index contributed by atoms with van der Waals surface area (Å²) in [7, 11) is 0. The van der Waals surface area contributed by atoms with Crippen molar-refractivity contribution in [1.29, 1.82) is 0 Å². The minimum Gasteiger partial charge on any atom is -0.391 e. The van der Waals surface area contributed by atoms with E-state index in [9.17, 15) is 9.59 Å². The summed E-state index contributed by atoms with van der Waals surface area (Å²) in [5, 5.41) is 0. The largest absolute Gasteiger partial charge is 0.391 e. The summed E-state index contributed by atoms with van der Waals surface area (Å²) in [6, 6.07) is 9.79. The minimum atomic E-state index is -0.756. The molecule has 21 heavy (non-hydrogen) atoms. The number of imide groups is 1. The predicted molar refractivity (Wildman–Crippen MR) is 80.7 cm³/mol. The van der Waals surface area contributed by atoms with E-state index >= 15 is 0 Å². The lowest BCUT2D eigenvalue weighted by molar-refractivity contribution is 0.0625. The fraction of sp³-hybridized carbons (Fsp3) is 0.0667. The first-order valence-corrected chi connectivity index (χ1v) is 6.68. The summed E-state index contributed by atoms with van der Waals surface area (Å²) >= 11 is 5.07. The number of pyridine rings is 1. The Morgan fingerprint density at radius 3 is 2.38 bits per heavy atom. The summed E-state index contributed by atoms with van der Waals surface area (Å²) in [6.45, 7) is 0. The van der Waals surface area contributed by atoms with Gasteiger partial charge >= 0.3 is 0 Å². The highest BCUT2D eigenvalue weighted by Crippen LogP contribution is 2.31. The molecular formula is C15H11N3O2S. The Labute approximate surface area is 126 Å². The van der Waals surface area contributed by atoms with Crippen LogP contribution in [0.4, 0.5) is 0 Å². The van der Waals surface area contributed by atoms with E-state index in [1.165, 1.54) is 18.5 Å². The van der Waals surface area contributed by atoms with E-state index in [0.717, 1.165) is 4.90 Å². The minimum absolute atomic E-state index is 0.0728. The number of hydrogen-bond acceptors (Lipinski definition) is 4. The molecule has 104 valence electrons. The van der Waals surface area contributed by atoms with E-state index in [0.29, 0.717) is 11.1 Å². The van der Waals surface area contributed by atoms with Gasteiger partial charge in [0.05, 0.1) is 11.1 Å². The number of aromatic nitrogens is 1. The lowest BCUT2D eigenvalue weighted by atomic mass is 10.1. The van der Waals surface area contributed by atoms with Gasteiger partial charge in [-0.25, -0.2) is 0 Å². The van der Waals surface area contributed by atoms with Crippen molar-refractivity contribution in [2.75, 3.05) is 0 Å². The zero-order valence-corrected chi connectivity index (χ0v) is 11.7. The molecule has 6 heteroatoms. The zero-order chi connectivity index (χ0) is 15.0. The maximum Gasteiger partial charge on any atom is 0.264 e. The normalized spacial score (nSPS) is 15.0. The molecule has 2 amide bonds. The fourth-order valence-electron chi connectivity index (χ4n) is 2.41. The van der Waals surface area contributed by atoms with Gasteiger partial charge < -0.3 is 5.73 Å². The predicted octanol–water partition coefficient (Wildman–Crippen LogP) is 1.71. The molecule has 1 aliphatic rings. The average molecular weight is 297 g/mol. The number of thiocarbonyl (C=S) groups is 1. The Bertz CT molecular complexity index is 711. The van der Waals surface area contributed by atoms with E-state index in [1.54, 1.807) is 24.3 Å². The van der Waals surface area contributed by atoms with Crippen LogP contribution < -0.4 is 5.73 Å². The second-order valence-electron chi connectivity index (χ2n) is 4.62. The summed E-state index contributed by atoms with van der Waals surface area (Å²) < 4.78 is 0. The van der Waals surface area contributed by atoms with Crippen molar-refractivity contribution in [3.05, 3.63) is 65.5 Å². The zero-order valence-electron chi connectivity index (χ0n) is 10.9. The van der Waals surface area contributed by atoms with Gasteiger partial charge in [0.2, 0.25) is 0 Å². The molecule has 2 heterocycles. The molecule has 0 fully saturated rings. The van der Waals surface area contributed by atoms with Gasteiger partial charge in [0.15, 0.2) is 0 Å². The van der Waals surface area contributed by atoms with Gasteiger partial charge in [-0.15, -0.1) is 0 Å². The number of nitrogens with two attached hydrogens (primary N) is 1. The summed E-state index contributed by atoms with van der Waals surface area (Å²) in [4.78, 5) is 30.0. The van der Waals surface area contributed by atoms with Crippen molar-refractivity contribution in [2.24, 2.45) is 5.73 Å². The first kappa shape index (κ1) is 13.4. The molecule has 0 saturated heterocycles. The quantitative estimate of drug-likeness (QED) is 0.689. The number of benzene rings is 1. The standard InChI is InChI=1S/C15H11N3O2S/c16-13(21)12(9-4-2-1-3-5-9)18-14(19)10-6-7-17-8-11(10)15(18)20/h1-8,12H,(H2,16,21). The SMILES string of the molecule is NC(=S)C(c1ccccc1)N1C(=O)c2ccncc2C1=O. The Hall–Kier alpha value is -2.60. The summed E-state index contributed by atoms with van der Waals surface area (Å²) in [6.07, 6.45) is 2.86. The van der Waals surface area contributed by atoms with Crippen molar-refractivity contribution in [3.63, 3.8) is 0 Å². The average Bonchev–Trinajstić information content (AvgIpc) is 2.74. The van der Waals surface area contributed by atoms with E-state index < -0.39 is 17.9 Å². The molecule has 0 saturated carbocycles. The molecule has 5 nitrogen and oxygen atoms in total. The van der Waals surface area contributed by atoms with Crippen LogP contribution in [0.2, 0.25) is 0 Å². The molecule has 2 aromatic rings. The number of carbonyl (C=O) groups is 2. The molecule has 0 spiro atoms. The number of amides is 2. The fourth-order valence-corrected chi connectivity index (χ4v) is 2.66. The van der Waals surface area contributed by atoms with Crippen LogP contribution >= 0.6 is 12.2 Å². The van der Waals surface area contributed by atoms with E-state index in [-0.39, 0.29) is 10.6 Å². The first-order valence-electron chi connectivity index (χ1n) is 6.27. The highest BCUT2D eigenvalue weighted by atomic mass is 32.1. The van der Waals surface area contributed by atoms with Gasteiger partial charge in [0.25, 0.3) is 11.8 Å². The molecule has 1 aromatic carbocycles. The highest BCUT2D eigenvalue weighted by Gasteiger charge is 2.41. The third-order valence-electron chi connectivity index (χ3n) is 3.36. The van der Waals surface area contributed by atoms with Crippen molar-refractivity contribution < 1.29 is 9.59 Å². The molecule has 2 N–H and O–H groups in total. The van der Waals surface area contributed by atoms with Crippen LogP contribution in [0.3, 0.4) is 0 Å². The summed E-state index contributed by atoms with van der Waals surface area (Å²) in [5.74, 6) is -0.830. The molecule has 0 bridgehead atoms. The molecule has 1 aliphatic heterocycles. The molecule has 1 aromatic heterocycles. The number of hydrogen-bond donors (Lipinski definition) is 1. The molecule has 3 rings (SSSR count).